The van der Waals surface area contributed by atoms with E-state index in [0.717, 1.165) is 30.6 Å². The third-order valence-electron chi connectivity index (χ3n) is 6.72. The summed E-state index contributed by atoms with van der Waals surface area (Å²) >= 11 is 0. The Labute approximate surface area is 186 Å². The number of hydrogen-bond donors (Lipinski definition) is 1. The Bertz CT molecular complexity index is 1200. The van der Waals surface area contributed by atoms with Gasteiger partial charge in [-0.25, -0.2) is 9.50 Å². The van der Waals surface area contributed by atoms with Gasteiger partial charge in [-0.15, -0.1) is 5.10 Å². The highest BCUT2D eigenvalue weighted by Crippen LogP contribution is 2.47. The molecule has 2 aliphatic carbocycles. The number of nitrogens with one attached hydrogen (secondary N) is 1. The molecule has 0 spiro atoms. The minimum atomic E-state index is -0.671. The summed E-state index contributed by atoms with van der Waals surface area (Å²) in [7, 11) is 1.59. The Kier molecular flexibility index (Phi) is 5.25. The molecule has 0 unspecified atom stereocenters. The second kappa shape index (κ2) is 8.23. The molecular weight excluding hydrogens is 404 g/mol. The van der Waals surface area contributed by atoms with Crippen molar-refractivity contribution in [2.24, 2.45) is 5.92 Å². The summed E-state index contributed by atoms with van der Waals surface area (Å²) in [6, 6.07) is 7.57. The molecule has 2 saturated carbocycles. The number of carbonyl (C=O) groups excluding carboxylic acids is 1. The fourth-order valence-corrected chi connectivity index (χ4v) is 4.64. The zero-order valence-corrected chi connectivity index (χ0v) is 18.2. The number of carbonyl (C=O) groups is 1. The lowest BCUT2D eigenvalue weighted by molar-refractivity contribution is -0.124. The van der Waals surface area contributed by atoms with Crippen molar-refractivity contribution in [1.82, 2.24) is 24.9 Å². The average molecular weight is 431 g/mol. The standard InChI is InChI=1S/C24H26N6O2/c1-32-20-8-7-19(18-11-17(12-25)13-26-15-18)30-21(20)28-22(29-30)24(9-10-24)23(31)27-14-16-5-3-2-4-6-16/h7-8,11,13,15-16H,2-6,9-10,14H2,1H3,(H,27,31). The predicted octanol–water partition coefficient (Wildman–Crippen LogP) is 3.40. The summed E-state index contributed by atoms with van der Waals surface area (Å²) in [5.41, 5.74) is 1.83. The molecule has 8 nitrogen and oxygen atoms in total. The number of pyridine rings is 2. The molecule has 3 heterocycles. The van der Waals surface area contributed by atoms with E-state index >= 15 is 0 Å². The molecule has 2 fully saturated rings. The fraction of sp³-hybridized carbons (Fsp3) is 0.458. The number of amides is 1. The highest BCUT2D eigenvalue weighted by Gasteiger charge is 2.55. The largest absolute Gasteiger partial charge is 0.493 e. The normalized spacial score (nSPS) is 17.6. The minimum absolute atomic E-state index is 0.0210. The van der Waals surface area contributed by atoms with E-state index in [2.05, 4.69) is 16.4 Å². The van der Waals surface area contributed by atoms with Gasteiger partial charge < -0.3 is 10.1 Å². The number of fused-ring (bicyclic) bond motifs is 1. The maximum Gasteiger partial charge on any atom is 0.234 e. The van der Waals surface area contributed by atoms with Gasteiger partial charge in [0, 0.05) is 24.5 Å². The number of nitrogens with zero attached hydrogens (tertiary/aromatic N) is 5. The summed E-state index contributed by atoms with van der Waals surface area (Å²) in [5, 5.41) is 17.2. The zero-order valence-electron chi connectivity index (χ0n) is 18.2. The molecule has 164 valence electrons. The molecule has 0 aliphatic heterocycles. The van der Waals surface area contributed by atoms with Crippen LogP contribution >= 0.6 is 0 Å². The SMILES string of the molecule is COc1ccc(-c2cncc(C#N)c2)n2nc(C3(C(=O)NCC4CCCCC4)CC3)nc12. The van der Waals surface area contributed by atoms with Crippen LogP contribution in [-0.4, -0.2) is 39.1 Å². The van der Waals surface area contributed by atoms with Gasteiger partial charge in [0.2, 0.25) is 5.91 Å². The molecule has 1 N–H and O–H groups in total. The third-order valence-corrected chi connectivity index (χ3v) is 6.72. The van der Waals surface area contributed by atoms with Crippen molar-refractivity contribution in [2.75, 3.05) is 13.7 Å². The van der Waals surface area contributed by atoms with Crippen molar-refractivity contribution >= 4 is 11.6 Å². The van der Waals surface area contributed by atoms with Gasteiger partial charge in [-0.1, -0.05) is 19.3 Å². The first-order valence-electron chi connectivity index (χ1n) is 11.2. The van der Waals surface area contributed by atoms with Gasteiger partial charge in [0.05, 0.1) is 18.4 Å². The second-order valence-corrected chi connectivity index (χ2v) is 8.83. The molecule has 0 aromatic carbocycles. The summed E-state index contributed by atoms with van der Waals surface area (Å²) < 4.78 is 7.20. The Morgan fingerprint density at radius 3 is 2.81 bits per heavy atom. The van der Waals surface area contributed by atoms with E-state index in [9.17, 15) is 10.1 Å². The maximum atomic E-state index is 13.2. The zero-order chi connectivity index (χ0) is 22.1. The fourth-order valence-electron chi connectivity index (χ4n) is 4.64. The van der Waals surface area contributed by atoms with Crippen molar-refractivity contribution in [1.29, 1.82) is 5.26 Å². The van der Waals surface area contributed by atoms with Gasteiger partial charge in [-0.2, -0.15) is 5.26 Å². The number of rotatable bonds is 6. The molecule has 32 heavy (non-hydrogen) atoms. The lowest BCUT2D eigenvalue weighted by atomic mass is 9.89. The number of methoxy groups -OCH3 is 1. The molecule has 3 aromatic heterocycles. The highest BCUT2D eigenvalue weighted by molar-refractivity contribution is 5.90. The summed E-state index contributed by atoms with van der Waals surface area (Å²) in [6.07, 6.45) is 10.9. The minimum Gasteiger partial charge on any atom is -0.493 e. The monoisotopic (exact) mass is 430 g/mol. The Morgan fingerprint density at radius 2 is 2.09 bits per heavy atom. The lowest BCUT2D eigenvalue weighted by Gasteiger charge is -2.22. The van der Waals surface area contributed by atoms with Crippen molar-refractivity contribution in [3.05, 3.63) is 42.0 Å². The smallest absolute Gasteiger partial charge is 0.234 e. The van der Waals surface area contributed by atoms with Crippen molar-refractivity contribution in [3.63, 3.8) is 0 Å². The molecule has 0 radical (unpaired) electrons. The van der Waals surface area contributed by atoms with Crippen LogP contribution in [0.2, 0.25) is 0 Å². The third kappa shape index (κ3) is 3.58. The van der Waals surface area contributed by atoms with Crippen LogP contribution in [0.25, 0.3) is 16.9 Å². The van der Waals surface area contributed by atoms with Gasteiger partial charge in [-0.3, -0.25) is 9.78 Å². The second-order valence-electron chi connectivity index (χ2n) is 8.83. The van der Waals surface area contributed by atoms with E-state index in [1.165, 1.54) is 38.3 Å². The van der Waals surface area contributed by atoms with Crippen molar-refractivity contribution in [2.45, 2.75) is 50.4 Å². The molecule has 3 aromatic rings. The van der Waals surface area contributed by atoms with Crippen molar-refractivity contribution in [3.8, 4) is 23.1 Å². The van der Waals surface area contributed by atoms with Crippen LogP contribution in [0.5, 0.6) is 5.75 Å². The van der Waals surface area contributed by atoms with Crippen LogP contribution < -0.4 is 10.1 Å². The van der Waals surface area contributed by atoms with Crippen LogP contribution in [0.4, 0.5) is 0 Å². The average Bonchev–Trinajstić information content (AvgIpc) is 3.54. The van der Waals surface area contributed by atoms with Crippen molar-refractivity contribution < 1.29 is 9.53 Å². The topological polar surface area (TPSA) is 105 Å². The molecule has 5 rings (SSSR count). The van der Waals surface area contributed by atoms with Crippen LogP contribution in [0.1, 0.15) is 56.3 Å². The van der Waals surface area contributed by atoms with Crippen LogP contribution in [0, 0.1) is 17.2 Å². The summed E-state index contributed by atoms with van der Waals surface area (Å²) in [6.45, 7) is 0.731. The van der Waals surface area contributed by atoms with Gasteiger partial charge in [-0.05, 0) is 49.8 Å². The maximum absolute atomic E-state index is 13.2. The molecule has 2 aliphatic rings. The highest BCUT2D eigenvalue weighted by atomic mass is 16.5. The van der Waals surface area contributed by atoms with Crippen LogP contribution in [0.3, 0.4) is 0 Å². The number of ether oxygens (including phenoxy) is 1. The first-order chi connectivity index (χ1) is 15.6. The van der Waals surface area contributed by atoms with Crippen LogP contribution in [0.15, 0.2) is 30.6 Å². The Hall–Kier alpha value is -3.47. The Morgan fingerprint density at radius 1 is 1.28 bits per heavy atom. The van der Waals surface area contributed by atoms with Gasteiger partial charge in [0.25, 0.3) is 0 Å². The summed E-state index contributed by atoms with van der Waals surface area (Å²) in [4.78, 5) is 22.1. The van der Waals surface area contributed by atoms with E-state index in [0.29, 0.717) is 28.7 Å². The number of nitriles is 1. The molecular formula is C24H26N6O2. The lowest BCUT2D eigenvalue weighted by Crippen LogP contribution is -2.38. The molecule has 8 heteroatoms. The van der Waals surface area contributed by atoms with E-state index in [4.69, 9.17) is 14.8 Å². The van der Waals surface area contributed by atoms with E-state index in [1.54, 1.807) is 23.9 Å². The molecule has 0 saturated heterocycles. The summed E-state index contributed by atoms with van der Waals surface area (Å²) in [5.74, 6) is 1.70. The van der Waals surface area contributed by atoms with E-state index in [-0.39, 0.29) is 5.91 Å². The first-order valence-corrected chi connectivity index (χ1v) is 11.2. The van der Waals surface area contributed by atoms with Gasteiger partial charge in [0.15, 0.2) is 17.2 Å². The number of hydrogen-bond acceptors (Lipinski definition) is 6. The molecule has 1 amide bonds. The quantitative estimate of drug-likeness (QED) is 0.643. The predicted molar refractivity (Wildman–Crippen MR) is 118 cm³/mol. The van der Waals surface area contributed by atoms with Crippen LogP contribution in [-0.2, 0) is 10.2 Å². The molecule has 0 bridgehead atoms. The van der Waals surface area contributed by atoms with E-state index in [1.807, 2.05) is 12.1 Å². The van der Waals surface area contributed by atoms with E-state index < -0.39 is 5.41 Å². The number of aromatic nitrogens is 4. The van der Waals surface area contributed by atoms with Gasteiger partial charge >= 0.3 is 0 Å². The Balaban J connectivity index is 1.48. The van der Waals surface area contributed by atoms with Gasteiger partial charge in [0.1, 0.15) is 11.5 Å². The molecule has 0 atom stereocenters. The first kappa shape index (κ1) is 20.4.